The predicted octanol–water partition coefficient (Wildman–Crippen LogP) is 14.1. The van der Waals surface area contributed by atoms with Crippen LogP contribution in [0, 0.1) is 0 Å². The van der Waals surface area contributed by atoms with E-state index >= 15 is 0 Å². The summed E-state index contributed by atoms with van der Waals surface area (Å²) < 4.78 is 0. The number of fused-ring (bicyclic) bond motifs is 8. The molecule has 9 aromatic rings. The fraction of sp³-hybridized carbons (Fsp3) is 0. The highest BCUT2D eigenvalue weighted by molar-refractivity contribution is 6.33. The van der Waals surface area contributed by atoms with Crippen molar-refractivity contribution in [1.29, 1.82) is 0 Å². The maximum atomic E-state index is 2.44. The Hall–Kier alpha value is -6.70. The summed E-state index contributed by atoms with van der Waals surface area (Å²) in [6.07, 6.45) is 4.45. The Labute approximate surface area is 298 Å². The molecule has 1 heterocycles. The lowest BCUT2D eigenvalue weighted by molar-refractivity contribution is 1.28. The lowest BCUT2D eigenvalue weighted by Crippen LogP contribution is -2.11. The van der Waals surface area contributed by atoms with Gasteiger partial charge in [0.05, 0.1) is 11.4 Å². The Kier molecular flexibility index (Phi) is 6.89. The molecule has 1 nitrogen and oxygen atoms in total. The van der Waals surface area contributed by atoms with E-state index in [-0.39, 0.29) is 0 Å². The molecule has 1 aliphatic heterocycles. The molecule has 0 fully saturated rings. The zero-order chi connectivity index (χ0) is 33.7. The van der Waals surface area contributed by atoms with E-state index in [4.69, 9.17) is 0 Å². The molecule has 10 rings (SSSR count). The van der Waals surface area contributed by atoms with Gasteiger partial charge < -0.3 is 4.90 Å². The molecule has 0 aliphatic carbocycles. The Morgan fingerprint density at radius 1 is 0.314 bits per heavy atom. The van der Waals surface area contributed by atoms with Gasteiger partial charge in [0.2, 0.25) is 0 Å². The number of hydrogen-bond donors (Lipinski definition) is 0. The Bertz CT molecular complexity index is 2730. The van der Waals surface area contributed by atoms with Gasteiger partial charge >= 0.3 is 0 Å². The molecule has 51 heavy (non-hydrogen) atoms. The van der Waals surface area contributed by atoms with E-state index < -0.39 is 0 Å². The molecular weight excluding hydrogens is 615 g/mol. The first-order chi connectivity index (χ1) is 25.3. The zero-order valence-corrected chi connectivity index (χ0v) is 28.0. The van der Waals surface area contributed by atoms with E-state index in [1.807, 2.05) is 0 Å². The summed E-state index contributed by atoms with van der Waals surface area (Å²) in [6.45, 7) is 0. The number of rotatable bonds is 4. The van der Waals surface area contributed by atoms with Crippen molar-refractivity contribution in [2.75, 3.05) is 4.90 Å². The lowest BCUT2D eigenvalue weighted by Gasteiger charge is -2.27. The molecule has 0 atom stereocenters. The second kappa shape index (κ2) is 12.0. The second-order valence-corrected chi connectivity index (χ2v) is 13.3. The van der Waals surface area contributed by atoms with Gasteiger partial charge in [0.1, 0.15) is 0 Å². The van der Waals surface area contributed by atoms with Gasteiger partial charge in [0, 0.05) is 5.69 Å². The Morgan fingerprint density at radius 2 is 0.765 bits per heavy atom. The summed E-state index contributed by atoms with van der Waals surface area (Å²) in [5.74, 6) is 0. The summed E-state index contributed by atoms with van der Waals surface area (Å²) in [5, 5.41) is 7.66. The summed E-state index contributed by atoms with van der Waals surface area (Å²) in [4.78, 5) is 2.39. The summed E-state index contributed by atoms with van der Waals surface area (Å²) in [7, 11) is 0. The largest absolute Gasteiger partial charge is 0.309 e. The van der Waals surface area contributed by atoms with E-state index in [1.165, 1.54) is 88.2 Å². The summed E-state index contributed by atoms with van der Waals surface area (Å²) in [6, 6.07) is 68.6. The third kappa shape index (κ3) is 4.78. The molecule has 0 aromatic heterocycles. The standard InChI is InChI=1S/C50H33N/c1-3-15-34(16-4-1)44-33-45(35-29-31-39(32-30-35)51-46-25-13-7-17-36(46)27-28-37-18-8-14-26-47(37)51)49-42-23-11-9-21-40(42)41-22-10-12-24-43(41)50(49)48(44)38-19-5-2-6-20-38/h1-33H. The maximum absolute atomic E-state index is 2.44. The van der Waals surface area contributed by atoms with Gasteiger partial charge in [-0.05, 0) is 107 Å². The van der Waals surface area contributed by atoms with Crippen molar-refractivity contribution in [3.8, 4) is 33.4 Å². The third-order valence-corrected chi connectivity index (χ3v) is 10.4. The van der Waals surface area contributed by atoms with Crippen LogP contribution in [0.4, 0.5) is 17.1 Å². The quantitative estimate of drug-likeness (QED) is 0.172. The van der Waals surface area contributed by atoms with Crippen LogP contribution in [0.1, 0.15) is 11.1 Å². The smallest absolute Gasteiger partial charge is 0.0534 e. The molecule has 0 amide bonds. The monoisotopic (exact) mass is 647 g/mol. The summed E-state index contributed by atoms with van der Waals surface area (Å²) >= 11 is 0. The molecule has 0 unspecified atom stereocenters. The van der Waals surface area contributed by atoms with Gasteiger partial charge in [0.15, 0.2) is 0 Å². The highest BCUT2D eigenvalue weighted by Gasteiger charge is 2.23. The van der Waals surface area contributed by atoms with Crippen LogP contribution in [0.5, 0.6) is 0 Å². The van der Waals surface area contributed by atoms with E-state index in [1.54, 1.807) is 0 Å². The van der Waals surface area contributed by atoms with Crippen molar-refractivity contribution in [1.82, 2.24) is 0 Å². The first kappa shape index (κ1) is 29.2. The van der Waals surface area contributed by atoms with Gasteiger partial charge in [-0.15, -0.1) is 0 Å². The molecule has 0 N–H and O–H groups in total. The number of benzene rings is 9. The van der Waals surface area contributed by atoms with E-state index in [9.17, 15) is 0 Å². The van der Waals surface area contributed by atoms with Crippen molar-refractivity contribution < 1.29 is 0 Å². The SMILES string of the molecule is C1=Cc2ccccc2N(c2ccc(-c3cc(-c4ccccc4)c(-c4ccccc4)c4c5ccccc5c5ccccc5c34)cc2)c2ccccc21. The number of nitrogens with zero attached hydrogens (tertiary/aromatic N) is 1. The van der Waals surface area contributed by atoms with Crippen molar-refractivity contribution in [3.05, 3.63) is 199 Å². The minimum atomic E-state index is 1.13. The molecule has 1 aliphatic rings. The van der Waals surface area contributed by atoms with E-state index in [0.29, 0.717) is 0 Å². The average Bonchev–Trinajstić information content (AvgIpc) is 3.38. The minimum absolute atomic E-state index is 1.13. The second-order valence-electron chi connectivity index (χ2n) is 13.3. The highest BCUT2D eigenvalue weighted by Crippen LogP contribution is 2.49. The van der Waals surface area contributed by atoms with Crippen LogP contribution in [0.3, 0.4) is 0 Å². The fourth-order valence-electron chi connectivity index (χ4n) is 8.12. The van der Waals surface area contributed by atoms with Crippen LogP contribution < -0.4 is 4.90 Å². The topological polar surface area (TPSA) is 3.24 Å². The van der Waals surface area contributed by atoms with Crippen LogP contribution >= 0.6 is 0 Å². The van der Waals surface area contributed by atoms with Gasteiger partial charge in [-0.25, -0.2) is 0 Å². The van der Waals surface area contributed by atoms with Crippen molar-refractivity contribution >= 4 is 61.5 Å². The van der Waals surface area contributed by atoms with Crippen molar-refractivity contribution in [2.24, 2.45) is 0 Å². The van der Waals surface area contributed by atoms with Gasteiger partial charge in [-0.3, -0.25) is 0 Å². The van der Waals surface area contributed by atoms with Gasteiger partial charge in [-0.2, -0.15) is 0 Å². The molecule has 0 radical (unpaired) electrons. The van der Waals surface area contributed by atoms with Crippen LogP contribution in [-0.2, 0) is 0 Å². The average molecular weight is 648 g/mol. The molecule has 238 valence electrons. The van der Waals surface area contributed by atoms with Gasteiger partial charge in [0.25, 0.3) is 0 Å². The van der Waals surface area contributed by atoms with Crippen LogP contribution in [0.25, 0.3) is 77.9 Å². The molecule has 9 aromatic carbocycles. The van der Waals surface area contributed by atoms with Crippen LogP contribution in [0.15, 0.2) is 188 Å². The number of hydrogen-bond acceptors (Lipinski definition) is 1. The van der Waals surface area contributed by atoms with E-state index in [0.717, 1.165) is 5.69 Å². The molecular formula is C50H33N. The number of para-hydroxylation sites is 2. The first-order valence-electron chi connectivity index (χ1n) is 17.6. The van der Waals surface area contributed by atoms with Gasteiger partial charge in [-0.1, -0.05) is 170 Å². The molecule has 0 spiro atoms. The van der Waals surface area contributed by atoms with Crippen molar-refractivity contribution in [2.45, 2.75) is 0 Å². The van der Waals surface area contributed by atoms with Crippen LogP contribution in [0.2, 0.25) is 0 Å². The highest BCUT2D eigenvalue weighted by atomic mass is 15.1. The Morgan fingerprint density at radius 3 is 1.35 bits per heavy atom. The molecule has 1 heteroatoms. The lowest BCUT2D eigenvalue weighted by atomic mass is 9.81. The molecule has 0 saturated carbocycles. The maximum Gasteiger partial charge on any atom is 0.0534 e. The first-order valence-corrected chi connectivity index (χ1v) is 17.6. The Balaban J connectivity index is 1.29. The minimum Gasteiger partial charge on any atom is -0.309 e. The predicted molar refractivity (Wildman–Crippen MR) is 219 cm³/mol. The van der Waals surface area contributed by atoms with E-state index in [2.05, 4.69) is 205 Å². The van der Waals surface area contributed by atoms with Crippen LogP contribution in [-0.4, -0.2) is 0 Å². The molecule has 0 saturated heterocycles. The number of anilines is 3. The molecule has 0 bridgehead atoms. The van der Waals surface area contributed by atoms with Crippen molar-refractivity contribution in [3.63, 3.8) is 0 Å². The third-order valence-electron chi connectivity index (χ3n) is 10.4. The normalized spacial score (nSPS) is 12.2. The zero-order valence-electron chi connectivity index (χ0n) is 28.0. The fourth-order valence-corrected chi connectivity index (χ4v) is 8.12. The summed E-state index contributed by atoms with van der Waals surface area (Å²) in [5.41, 5.74) is 13.2.